The Hall–Kier alpha value is -4.27. The Bertz CT molecular complexity index is 1490. The van der Waals surface area contributed by atoms with Crippen LogP contribution in [0.1, 0.15) is 11.5 Å². The molecule has 0 saturated heterocycles. The Morgan fingerprint density at radius 3 is 2.21 bits per heavy atom. The third-order valence-corrected chi connectivity index (χ3v) is 5.11. The molecule has 0 atom stereocenters. The van der Waals surface area contributed by atoms with Crippen LogP contribution in [-0.2, 0) is 12.7 Å². The molecule has 6 nitrogen and oxygen atoms in total. The topological polar surface area (TPSA) is 73.8 Å². The van der Waals surface area contributed by atoms with E-state index in [-0.39, 0.29) is 18.0 Å². The van der Waals surface area contributed by atoms with E-state index in [1.165, 1.54) is 0 Å². The van der Waals surface area contributed by atoms with Crippen LogP contribution in [0.4, 0.5) is 13.2 Å². The highest BCUT2D eigenvalue weighted by atomic mass is 19.4. The second-order valence-electron chi connectivity index (χ2n) is 7.31. The van der Waals surface area contributed by atoms with E-state index in [4.69, 9.17) is 4.42 Å². The molecule has 164 valence electrons. The molecule has 3 aromatic carbocycles. The van der Waals surface area contributed by atoms with E-state index in [9.17, 15) is 18.0 Å². The molecule has 2 heterocycles. The SMILES string of the molecule is O=c1c(-c2ccccc2)nc2ccccc2n1Cc1ccc(-c2nnc(C(F)(F)F)o2)cc1. The minimum Gasteiger partial charge on any atom is -0.413 e. The van der Waals surface area contributed by atoms with Crippen LogP contribution in [-0.4, -0.2) is 19.7 Å². The van der Waals surface area contributed by atoms with Gasteiger partial charge < -0.3 is 8.98 Å². The summed E-state index contributed by atoms with van der Waals surface area (Å²) in [6, 6.07) is 23.1. The van der Waals surface area contributed by atoms with Crippen LogP contribution in [0.25, 0.3) is 33.7 Å². The summed E-state index contributed by atoms with van der Waals surface area (Å²) in [5, 5.41) is 6.51. The van der Waals surface area contributed by atoms with Gasteiger partial charge in [-0.15, -0.1) is 10.2 Å². The normalized spacial score (nSPS) is 11.7. The van der Waals surface area contributed by atoms with E-state index in [1.807, 2.05) is 54.6 Å². The number of halogens is 3. The number of aromatic nitrogens is 4. The molecule has 0 spiro atoms. The van der Waals surface area contributed by atoms with E-state index in [0.717, 1.165) is 5.56 Å². The van der Waals surface area contributed by atoms with Crippen molar-refractivity contribution in [3.63, 3.8) is 0 Å². The molecule has 9 heteroatoms. The number of hydrogen-bond donors (Lipinski definition) is 0. The molecule has 0 amide bonds. The first-order chi connectivity index (χ1) is 15.9. The Morgan fingerprint density at radius 2 is 1.52 bits per heavy atom. The summed E-state index contributed by atoms with van der Waals surface area (Å²) >= 11 is 0. The summed E-state index contributed by atoms with van der Waals surface area (Å²) in [7, 11) is 0. The minimum absolute atomic E-state index is 0.230. The molecule has 33 heavy (non-hydrogen) atoms. The molecule has 5 rings (SSSR count). The number of alkyl halides is 3. The highest BCUT2D eigenvalue weighted by molar-refractivity contribution is 5.78. The smallest absolute Gasteiger partial charge is 0.413 e. The molecule has 5 aromatic rings. The minimum atomic E-state index is -4.70. The first kappa shape index (κ1) is 20.6. The molecule has 0 saturated carbocycles. The molecule has 0 unspecified atom stereocenters. The van der Waals surface area contributed by atoms with Crippen molar-refractivity contribution in [2.24, 2.45) is 0 Å². The lowest BCUT2D eigenvalue weighted by atomic mass is 10.1. The molecule has 0 fully saturated rings. The maximum absolute atomic E-state index is 13.3. The fourth-order valence-corrected chi connectivity index (χ4v) is 3.52. The molecular formula is C24H15F3N4O2. The molecule has 0 aliphatic carbocycles. The standard InChI is InChI=1S/C24H15F3N4O2/c25-24(26,27)23-30-29-21(33-23)17-12-10-15(11-13-17)14-31-19-9-5-4-8-18(19)28-20(22(31)32)16-6-2-1-3-7-16/h1-13H,14H2. The summed E-state index contributed by atoms with van der Waals surface area (Å²) in [4.78, 5) is 17.9. The number of nitrogens with zero attached hydrogens (tertiary/aromatic N) is 4. The second-order valence-corrected chi connectivity index (χ2v) is 7.31. The van der Waals surface area contributed by atoms with Crippen LogP contribution in [0.3, 0.4) is 0 Å². The zero-order valence-corrected chi connectivity index (χ0v) is 17.0. The van der Waals surface area contributed by atoms with Crippen molar-refractivity contribution in [1.29, 1.82) is 0 Å². The van der Waals surface area contributed by atoms with Crippen molar-refractivity contribution >= 4 is 11.0 Å². The molecular weight excluding hydrogens is 433 g/mol. The number of rotatable bonds is 4. The van der Waals surface area contributed by atoms with E-state index in [1.54, 1.807) is 28.8 Å². The predicted octanol–water partition coefficient (Wildman–Crippen LogP) is 5.18. The molecule has 0 N–H and O–H groups in total. The number of hydrogen-bond acceptors (Lipinski definition) is 5. The summed E-state index contributed by atoms with van der Waals surface area (Å²) in [5.41, 5.74) is 3.29. The average Bonchev–Trinajstić information content (AvgIpc) is 3.33. The van der Waals surface area contributed by atoms with Crippen molar-refractivity contribution < 1.29 is 17.6 Å². The van der Waals surface area contributed by atoms with Crippen molar-refractivity contribution in [2.75, 3.05) is 0 Å². The van der Waals surface area contributed by atoms with Crippen LogP contribution in [0.5, 0.6) is 0 Å². The van der Waals surface area contributed by atoms with Gasteiger partial charge in [-0.1, -0.05) is 54.6 Å². The zero-order valence-electron chi connectivity index (χ0n) is 17.0. The van der Waals surface area contributed by atoms with Gasteiger partial charge in [-0.2, -0.15) is 13.2 Å². The van der Waals surface area contributed by atoms with Gasteiger partial charge in [-0.05, 0) is 29.8 Å². The zero-order chi connectivity index (χ0) is 23.0. The summed E-state index contributed by atoms with van der Waals surface area (Å²) in [6.45, 7) is 0.250. The van der Waals surface area contributed by atoms with Gasteiger partial charge in [0, 0.05) is 11.1 Å². The van der Waals surface area contributed by atoms with Gasteiger partial charge in [0.15, 0.2) is 0 Å². The van der Waals surface area contributed by atoms with E-state index >= 15 is 0 Å². The molecule has 0 bridgehead atoms. The maximum atomic E-state index is 13.3. The van der Waals surface area contributed by atoms with E-state index in [2.05, 4.69) is 15.2 Å². The van der Waals surface area contributed by atoms with E-state index < -0.39 is 12.1 Å². The van der Waals surface area contributed by atoms with Crippen LogP contribution < -0.4 is 5.56 Å². The van der Waals surface area contributed by atoms with E-state index in [0.29, 0.717) is 27.9 Å². The predicted molar refractivity (Wildman–Crippen MR) is 115 cm³/mol. The number of benzene rings is 3. The van der Waals surface area contributed by atoms with Gasteiger partial charge in [0.1, 0.15) is 5.69 Å². The quantitative estimate of drug-likeness (QED) is 0.379. The van der Waals surface area contributed by atoms with Crippen molar-refractivity contribution in [2.45, 2.75) is 12.7 Å². The summed E-state index contributed by atoms with van der Waals surface area (Å²) < 4.78 is 44.5. The van der Waals surface area contributed by atoms with Gasteiger partial charge in [0.2, 0.25) is 5.89 Å². The Balaban J connectivity index is 1.52. The lowest BCUT2D eigenvalue weighted by Crippen LogP contribution is -2.24. The molecule has 0 aliphatic heterocycles. The third kappa shape index (κ3) is 4.00. The summed E-state index contributed by atoms with van der Waals surface area (Å²) in [5.74, 6) is -1.63. The first-order valence-electron chi connectivity index (χ1n) is 9.95. The fourth-order valence-electron chi connectivity index (χ4n) is 3.52. The number of para-hydroxylation sites is 2. The lowest BCUT2D eigenvalue weighted by Gasteiger charge is -2.13. The second kappa shape index (κ2) is 8.01. The largest absolute Gasteiger partial charge is 0.470 e. The fraction of sp³-hybridized carbons (Fsp3) is 0.0833. The van der Waals surface area contributed by atoms with Gasteiger partial charge in [0.05, 0.1) is 17.6 Å². The molecule has 0 aliphatic rings. The summed E-state index contributed by atoms with van der Waals surface area (Å²) in [6.07, 6.45) is -4.70. The third-order valence-electron chi connectivity index (χ3n) is 5.11. The Labute approximate surface area is 185 Å². The Morgan fingerprint density at radius 1 is 0.818 bits per heavy atom. The van der Waals surface area contributed by atoms with Crippen molar-refractivity contribution in [1.82, 2.24) is 19.7 Å². The van der Waals surface area contributed by atoms with Gasteiger partial charge in [-0.3, -0.25) is 4.79 Å². The van der Waals surface area contributed by atoms with Crippen LogP contribution in [0.15, 0.2) is 88.1 Å². The van der Waals surface area contributed by atoms with Crippen LogP contribution in [0.2, 0.25) is 0 Å². The van der Waals surface area contributed by atoms with Crippen molar-refractivity contribution in [3.8, 4) is 22.7 Å². The highest BCUT2D eigenvalue weighted by Crippen LogP contribution is 2.30. The monoisotopic (exact) mass is 448 g/mol. The first-order valence-corrected chi connectivity index (χ1v) is 9.95. The van der Waals surface area contributed by atoms with Crippen LogP contribution in [0, 0.1) is 0 Å². The number of fused-ring (bicyclic) bond motifs is 1. The maximum Gasteiger partial charge on any atom is 0.470 e. The Kier molecular flexibility index (Phi) is 5.01. The van der Waals surface area contributed by atoms with Crippen LogP contribution >= 0.6 is 0 Å². The molecule has 0 radical (unpaired) electrons. The van der Waals surface area contributed by atoms with Crippen molar-refractivity contribution in [3.05, 3.63) is 101 Å². The highest BCUT2D eigenvalue weighted by Gasteiger charge is 2.38. The lowest BCUT2D eigenvalue weighted by molar-refractivity contribution is -0.156. The molecule has 2 aromatic heterocycles. The van der Waals surface area contributed by atoms with Gasteiger partial charge >= 0.3 is 12.1 Å². The van der Waals surface area contributed by atoms with Gasteiger partial charge in [0.25, 0.3) is 5.56 Å². The average molecular weight is 448 g/mol. The van der Waals surface area contributed by atoms with Gasteiger partial charge in [-0.25, -0.2) is 4.98 Å².